The Morgan fingerprint density at radius 2 is 1.48 bits per heavy atom. The number of methoxy groups -OCH3 is 1. The third-order valence-corrected chi connectivity index (χ3v) is 4.81. The van der Waals surface area contributed by atoms with Crippen molar-refractivity contribution in [3.05, 3.63) is 107 Å². The summed E-state index contributed by atoms with van der Waals surface area (Å²) in [5, 5.41) is 9.55. The molecule has 0 fully saturated rings. The van der Waals surface area contributed by atoms with E-state index in [-0.39, 0.29) is 5.56 Å². The van der Waals surface area contributed by atoms with Crippen molar-refractivity contribution in [2.75, 3.05) is 7.11 Å². The van der Waals surface area contributed by atoms with Gasteiger partial charge < -0.3 is 4.74 Å². The van der Waals surface area contributed by atoms with Gasteiger partial charge in [0.2, 0.25) is 0 Å². The molecule has 1 heterocycles. The van der Waals surface area contributed by atoms with E-state index in [4.69, 9.17) is 4.74 Å². The summed E-state index contributed by atoms with van der Waals surface area (Å²) in [6, 6.07) is 28.3. The first-order valence-corrected chi connectivity index (χ1v) is 9.18. The molecule has 140 valence electrons. The van der Waals surface area contributed by atoms with E-state index in [1.807, 2.05) is 72.9 Å². The van der Waals surface area contributed by atoms with Crippen LogP contribution in [0.3, 0.4) is 0 Å². The molecule has 4 heteroatoms. The molecule has 0 spiro atoms. The lowest BCUT2D eigenvalue weighted by Gasteiger charge is -2.15. The van der Waals surface area contributed by atoms with Crippen molar-refractivity contribution >= 4 is 0 Å². The summed E-state index contributed by atoms with van der Waals surface area (Å²) < 4.78 is 7.14. The Bertz CT molecular complexity index is 1270. The zero-order valence-electron chi connectivity index (χ0n) is 15.9. The van der Waals surface area contributed by atoms with Gasteiger partial charge in [-0.25, -0.2) is 0 Å². The fourth-order valence-corrected chi connectivity index (χ4v) is 3.40. The molecule has 0 unspecified atom stereocenters. The molecule has 0 amide bonds. The maximum absolute atomic E-state index is 13.4. The first-order valence-electron chi connectivity index (χ1n) is 9.18. The topological polar surface area (TPSA) is 55.0 Å². The highest BCUT2D eigenvalue weighted by Crippen LogP contribution is 2.32. The summed E-state index contributed by atoms with van der Waals surface area (Å²) in [4.78, 5) is 13.4. The van der Waals surface area contributed by atoms with E-state index >= 15 is 0 Å². The summed E-state index contributed by atoms with van der Waals surface area (Å²) in [5.74, 6) is 0.713. The van der Waals surface area contributed by atoms with Crippen LogP contribution in [-0.2, 0) is 0 Å². The van der Waals surface area contributed by atoms with Crippen molar-refractivity contribution < 1.29 is 4.74 Å². The molecule has 4 rings (SSSR count). The highest BCUT2D eigenvalue weighted by atomic mass is 16.5. The second-order valence-corrected chi connectivity index (χ2v) is 6.51. The van der Waals surface area contributed by atoms with Crippen LogP contribution in [0.4, 0.5) is 0 Å². The van der Waals surface area contributed by atoms with Crippen molar-refractivity contribution in [1.82, 2.24) is 4.57 Å². The van der Waals surface area contributed by atoms with E-state index < -0.39 is 0 Å². The average Bonchev–Trinajstić information content (AvgIpc) is 2.80. The molecule has 0 saturated heterocycles. The Balaban J connectivity index is 2.06. The lowest BCUT2D eigenvalue weighted by Crippen LogP contribution is -2.20. The predicted molar refractivity (Wildman–Crippen MR) is 114 cm³/mol. The second kappa shape index (κ2) is 7.87. The minimum absolute atomic E-state index is 0.183. The van der Waals surface area contributed by atoms with Crippen LogP contribution in [0.1, 0.15) is 5.56 Å². The Hall–Kier alpha value is -4.10. The van der Waals surface area contributed by atoms with Crippen molar-refractivity contribution in [3.63, 3.8) is 0 Å². The molecule has 0 bridgehead atoms. The van der Waals surface area contributed by atoms with Gasteiger partial charge in [0, 0.05) is 34.1 Å². The molecule has 0 aliphatic rings. The summed E-state index contributed by atoms with van der Waals surface area (Å²) in [5.41, 5.74) is 3.81. The predicted octanol–water partition coefficient (Wildman–Crippen LogP) is 5.05. The van der Waals surface area contributed by atoms with Gasteiger partial charge >= 0.3 is 0 Å². The number of benzene rings is 3. The Kier molecular flexibility index (Phi) is 4.96. The standard InChI is InChI=1S/C25H18N2O2/c1-29-24-14-8-7-13-22(24)19-15-23(21-12-6-5-9-18(21)16-26)25(28)27(17-19)20-10-3-2-4-11-20/h2-15,17H,1H3. The monoisotopic (exact) mass is 378 g/mol. The van der Waals surface area contributed by atoms with Gasteiger partial charge in [-0.3, -0.25) is 9.36 Å². The molecule has 3 aromatic carbocycles. The normalized spacial score (nSPS) is 10.3. The number of hydrogen-bond acceptors (Lipinski definition) is 3. The number of ether oxygens (including phenoxy) is 1. The van der Waals surface area contributed by atoms with Crippen molar-refractivity contribution in [2.45, 2.75) is 0 Å². The van der Waals surface area contributed by atoms with E-state index in [9.17, 15) is 10.1 Å². The minimum atomic E-state index is -0.183. The molecule has 0 aliphatic heterocycles. The zero-order valence-corrected chi connectivity index (χ0v) is 15.9. The summed E-state index contributed by atoms with van der Waals surface area (Å²) in [6.07, 6.45) is 1.81. The summed E-state index contributed by atoms with van der Waals surface area (Å²) in [6.45, 7) is 0. The van der Waals surface area contributed by atoms with Gasteiger partial charge in [0.15, 0.2) is 0 Å². The summed E-state index contributed by atoms with van der Waals surface area (Å²) >= 11 is 0. The third-order valence-electron chi connectivity index (χ3n) is 4.81. The highest BCUT2D eigenvalue weighted by Gasteiger charge is 2.15. The number of hydrogen-bond donors (Lipinski definition) is 0. The number of rotatable bonds is 4. The van der Waals surface area contributed by atoms with Crippen LogP contribution in [0.5, 0.6) is 5.75 Å². The number of nitriles is 1. The average molecular weight is 378 g/mol. The number of nitrogens with zero attached hydrogens (tertiary/aromatic N) is 2. The van der Waals surface area contributed by atoms with Crippen molar-refractivity contribution in [1.29, 1.82) is 5.26 Å². The van der Waals surface area contributed by atoms with Gasteiger partial charge in [-0.05, 0) is 30.3 Å². The smallest absolute Gasteiger partial charge is 0.263 e. The van der Waals surface area contributed by atoms with Crippen molar-refractivity contribution in [2.24, 2.45) is 0 Å². The largest absolute Gasteiger partial charge is 0.496 e. The lowest BCUT2D eigenvalue weighted by molar-refractivity contribution is 0.416. The quantitative estimate of drug-likeness (QED) is 0.499. The van der Waals surface area contributed by atoms with E-state index in [0.29, 0.717) is 22.4 Å². The van der Waals surface area contributed by atoms with Crippen LogP contribution in [-0.4, -0.2) is 11.7 Å². The van der Waals surface area contributed by atoms with Gasteiger partial charge in [-0.2, -0.15) is 5.26 Å². The van der Waals surface area contributed by atoms with Crippen LogP contribution in [0.2, 0.25) is 0 Å². The molecule has 29 heavy (non-hydrogen) atoms. The van der Waals surface area contributed by atoms with E-state index in [0.717, 1.165) is 16.8 Å². The zero-order chi connectivity index (χ0) is 20.2. The van der Waals surface area contributed by atoms with E-state index in [1.165, 1.54) is 0 Å². The third kappa shape index (κ3) is 3.42. The second-order valence-electron chi connectivity index (χ2n) is 6.51. The molecule has 0 aliphatic carbocycles. The first-order chi connectivity index (χ1) is 14.2. The van der Waals surface area contributed by atoms with E-state index in [2.05, 4.69) is 6.07 Å². The molecule has 0 radical (unpaired) electrons. The van der Waals surface area contributed by atoms with Crippen LogP contribution < -0.4 is 10.3 Å². The number of para-hydroxylation sites is 2. The SMILES string of the molecule is COc1ccccc1-c1cc(-c2ccccc2C#N)c(=O)n(-c2ccccc2)c1. The fourth-order valence-electron chi connectivity index (χ4n) is 3.40. The molecule has 0 N–H and O–H groups in total. The molecule has 4 aromatic rings. The molecular formula is C25H18N2O2. The Labute approximate surface area is 168 Å². The van der Waals surface area contributed by atoms with Gasteiger partial charge in [0.1, 0.15) is 5.75 Å². The van der Waals surface area contributed by atoms with Gasteiger partial charge in [0.05, 0.1) is 18.7 Å². The van der Waals surface area contributed by atoms with Crippen LogP contribution in [0, 0.1) is 11.3 Å². The van der Waals surface area contributed by atoms with Crippen LogP contribution >= 0.6 is 0 Å². The Morgan fingerprint density at radius 3 is 2.21 bits per heavy atom. The van der Waals surface area contributed by atoms with Gasteiger partial charge in [-0.1, -0.05) is 54.6 Å². The highest BCUT2D eigenvalue weighted by molar-refractivity contribution is 5.78. The molecule has 0 atom stereocenters. The number of aromatic nitrogens is 1. The first kappa shape index (κ1) is 18.3. The maximum Gasteiger partial charge on any atom is 0.263 e. The fraction of sp³-hybridized carbons (Fsp3) is 0.0400. The van der Waals surface area contributed by atoms with Crippen LogP contribution in [0.15, 0.2) is 95.9 Å². The van der Waals surface area contributed by atoms with Gasteiger partial charge in [-0.15, -0.1) is 0 Å². The minimum Gasteiger partial charge on any atom is -0.496 e. The van der Waals surface area contributed by atoms with E-state index in [1.54, 1.807) is 29.9 Å². The van der Waals surface area contributed by atoms with Gasteiger partial charge in [0.25, 0.3) is 5.56 Å². The maximum atomic E-state index is 13.4. The molecule has 1 aromatic heterocycles. The van der Waals surface area contributed by atoms with Crippen LogP contribution in [0.25, 0.3) is 27.9 Å². The van der Waals surface area contributed by atoms with Crippen molar-refractivity contribution in [3.8, 4) is 39.8 Å². The molecular weight excluding hydrogens is 360 g/mol. The molecule has 0 saturated carbocycles. The number of pyridine rings is 1. The lowest BCUT2D eigenvalue weighted by atomic mass is 9.97. The molecule has 4 nitrogen and oxygen atoms in total. The summed E-state index contributed by atoms with van der Waals surface area (Å²) in [7, 11) is 1.62. The Morgan fingerprint density at radius 1 is 0.828 bits per heavy atom.